The van der Waals surface area contributed by atoms with Gasteiger partial charge in [0.25, 0.3) is 5.91 Å². The van der Waals surface area contributed by atoms with E-state index in [1.54, 1.807) is 13.2 Å². The highest BCUT2D eigenvalue weighted by Gasteiger charge is 2.33. The van der Waals surface area contributed by atoms with Gasteiger partial charge in [0.2, 0.25) is 0 Å². The van der Waals surface area contributed by atoms with Gasteiger partial charge in [-0.05, 0) is 17.7 Å². The molecule has 1 saturated heterocycles. The zero-order valence-corrected chi connectivity index (χ0v) is 12.7. The van der Waals surface area contributed by atoms with Crippen molar-refractivity contribution in [3.05, 3.63) is 71.4 Å². The first-order chi connectivity index (χ1) is 11.2. The molecule has 1 fully saturated rings. The summed E-state index contributed by atoms with van der Waals surface area (Å²) in [6, 6.07) is 16.5. The first kappa shape index (κ1) is 14.8. The molecule has 0 aromatic heterocycles. The third-order valence-corrected chi connectivity index (χ3v) is 3.60. The molecule has 0 spiro atoms. The maximum absolute atomic E-state index is 12.1. The Morgan fingerprint density at radius 3 is 2.48 bits per heavy atom. The molecule has 0 atom stereocenters. The van der Waals surface area contributed by atoms with Gasteiger partial charge in [0, 0.05) is 5.56 Å². The van der Waals surface area contributed by atoms with Crippen molar-refractivity contribution in [2.24, 2.45) is 0 Å². The highest BCUT2D eigenvalue weighted by molar-refractivity contribution is 6.14. The molecule has 0 unspecified atom stereocenters. The molecular weight excluding hydrogens is 292 g/mol. The van der Waals surface area contributed by atoms with Gasteiger partial charge in [-0.15, -0.1) is 0 Å². The average Bonchev–Trinajstić information content (AvgIpc) is 2.83. The number of rotatable bonds is 4. The Morgan fingerprint density at radius 1 is 1.04 bits per heavy atom. The summed E-state index contributed by atoms with van der Waals surface area (Å²) in [5, 5.41) is 2.33. The number of nitrogens with one attached hydrogen (secondary N) is 1. The Bertz CT molecular complexity index is 769. The standard InChI is InChI=1S/C18H16N2O3/c1-23-16-10-6-5-9-14(16)11-15-17(21)19-18(22)20(15)12-13-7-3-2-4-8-13/h2-11H,12H2,1H3,(H,19,21,22)/b15-11+. The second-order valence-corrected chi connectivity index (χ2v) is 5.10. The molecule has 0 bridgehead atoms. The van der Waals surface area contributed by atoms with Crippen LogP contribution in [-0.2, 0) is 11.3 Å². The van der Waals surface area contributed by atoms with Crippen molar-refractivity contribution in [1.82, 2.24) is 10.2 Å². The Labute approximate surface area is 134 Å². The number of nitrogens with zero attached hydrogens (tertiary/aromatic N) is 1. The van der Waals surface area contributed by atoms with Gasteiger partial charge < -0.3 is 4.74 Å². The van der Waals surface area contributed by atoms with Gasteiger partial charge in [-0.2, -0.15) is 0 Å². The van der Waals surface area contributed by atoms with E-state index in [9.17, 15) is 9.59 Å². The molecule has 3 amide bonds. The van der Waals surface area contributed by atoms with Crippen molar-refractivity contribution in [1.29, 1.82) is 0 Å². The topological polar surface area (TPSA) is 58.6 Å². The largest absolute Gasteiger partial charge is 0.496 e. The number of amides is 3. The van der Waals surface area contributed by atoms with Crippen molar-refractivity contribution in [2.75, 3.05) is 7.11 Å². The molecule has 2 aromatic rings. The molecule has 3 rings (SSSR count). The van der Waals surface area contributed by atoms with E-state index in [1.807, 2.05) is 54.6 Å². The number of urea groups is 1. The van der Waals surface area contributed by atoms with Crippen LogP contribution in [0.1, 0.15) is 11.1 Å². The molecule has 1 aliphatic heterocycles. The normalized spacial score (nSPS) is 15.9. The number of methoxy groups -OCH3 is 1. The lowest BCUT2D eigenvalue weighted by molar-refractivity contribution is -0.116. The van der Waals surface area contributed by atoms with Crippen molar-refractivity contribution >= 4 is 18.0 Å². The van der Waals surface area contributed by atoms with Crippen LogP contribution in [0.25, 0.3) is 6.08 Å². The Hall–Kier alpha value is -3.08. The number of carbonyl (C=O) groups is 2. The van der Waals surface area contributed by atoms with E-state index in [0.717, 1.165) is 11.1 Å². The maximum atomic E-state index is 12.1. The third kappa shape index (κ3) is 3.08. The van der Waals surface area contributed by atoms with Crippen LogP contribution in [0.15, 0.2) is 60.3 Å². The Morgan fingerprint density at radius 2 is 1.74 bits per heavy atom. The van der Waals surface area contributed by atoms with Gasteiger partial charge in [0.1, 0.15) is 11.4 Å². The van der Waals surface area contributed by atoms with Crippen LogP contribution in [0.4, 0.5) is 4.79 Å². The van der Waals surface area contributed by atoms with Crippen molar-refractivity contribution in [3.63, 3.8) is 0 Å². The molecule has 0 saturated carbocycles. The van der Waals surface area contributed by atoms with Gasteiger partial charge >= 0.3 is 6.03 Å². The highest BCUT2D eigenvalue weighted by atomic mass is 16.5. The van der Waals surface area contributed by atoms with Gasteiger partial charge in [-0.3, -0.25) is 15.0 Å². The lowest BCUT2D eigenvalue weighted by atomic mass is 10.1. The van der Waals surface area contributed by atoms with Crippen LogP contribution in [0.2, 0.25) is 0 Å². The zero-order valence-electron chi connectivity index (χ0n) is 12.7. The average molecular weight is 308 g/mol. The number of ether oxygens (including phenoxy) is 1. The Balaban J connectivity index is 1.96. The molecule has 1 heterocycles. The first-order valence-electron chi connectivity index (χ1n) is 7.20. The maximum Gasteiger partial charge on any atom is 0.329 e. The number of carbonyl (C=O) groups excluding carboxylic acids is 2. The van der Waals surface area contributed by atoms with E-state index in [4.69, 9.17) is 4.74 Å². The van der Waals surface area contributed by atoms with Gasteiger partial charge in [-0.25, -0.2) is 4.79 Å². The molecule has 1 N–H and O–H groups in total. The molecule has 0 aliphatic carbocycles. The smallest absolute Gasteiger partial charge is 0.329 e. The molecular formula is C18H16N2O3. The lowest BCUT2D eigenvalue weighted by Crippen LogP contribution is -2.27. The SMILES string of the molecule is COc1ccccc1/C=C1\C(=O)NC(=O)N1Cc1ccccc1. The van der Waals surface area contributed by atoms with Crippen molar-refractivity contribution in [2.45, 2.75) is 6.54 Å². The van der Waals surface area contributed by atoms with E-state index in [1.165, 1.54) is 4.90 Å². The zero-order chi connectivity index (χ0) is 16.2. The first-order valence-corrected chi connectivity index (χ1v) is 7.20. The highest BCUT2D eigenvalue weighted by Crippen LogP contribution is 2.24. The fraction of sp³-hybridized carbons (Fsp3) is 0.111. The summed E-state index contributed by atoms with van der Waals surface area (Å²) in [7, 11) is 1.57. The minimum absolute atomic E-state index is 0.309. The summed E-state index contributed by atoms with van der Waals surface area (Å²) in [5.41, 5.74) is 2.00. The second kappa shape index (κ2) is 6.36. The summed E-state index contributed by atoms with van der Waals surface area (Å²) in [5.74, 6) is 0.239. The summed E-state index contributed by atoms with van der Waals surface area (Å²) in [6.07, 6.45) is 1.67. The molecule has 0 radical (unpaired) electrons. The van der Waals surface area contributed by atoms with Gasteiger partial charge in [-0.1, -0.05) is 48.5 Å². The number of imide groups is 1. The summed E-state index contributed by atoms with van der Waals surface area (Å²) in [4.78, 5) is 25.6. The van der Waals surface area contributed by atoms with Crippen LogP contribution >= 0.6 is 0 Å². The third-order valence-electron chi connectivity index (χ3n) is 3.60. The van der Waals surface area contributed by atoms with Gasteiger partial charge in [0.15, 0.2) is 0 Å². The number of para-hydroxylation sites is 1. The minimum Gasteiger partial charge on any atom is -0.496 e. The Kier molecular flexibility index (Phi) is 4.10. The molecule has 23 heavy (non-hydrogen) atoms. The lowest BCUT2D eigenvalue weighted by Gasteiger charge is -2.15. The fourth-order valence-electron chi connectivity index (χ4n) is 2.46. The fourth-order valence-corrected chi connectivity index (χ4v) is 2.46. The molecule has 1 aliphatic rings. The van der Waals surface area contributed by atoms with Crippen LogP contribution < -0.4 is 10.1 Å². The summed E-state index contributed by atoms with van der Waals surface area (Å²) < 4.78 is 5.29. The van der Waals surface area contributed by atoms with Crippen molar-refractivity contribution < 1.29 is 14.3 Å². The monoisotopic (exact) mass is 308 g/mol. The van der Waals surface area contributed by atoms with Crippen LogP contribution in [0.5, 0.6) is 5.75 Å². The number of hydrogen-bond acceptors (Lipinski definition) is 3. The van der Waals surface area contributed by atoms with E-state index >= 15 is 0 Å². The quantitative estimate of drug-likeness (QED) is 0.698. The van der Waals surface area contributed by atoms with Crippen LogP contribution in [0.3, 0.4) is 0 Å². The predicted molar refractivity (Wildman–Crippen MR) is 86.5 cm³/mol. The summed E-state index contributed by atoms with van der Waals surface area (Å²) >= 11 is 0. The summed E-state index contributed by atoms with van der Waals surface area (Å²) in [6.45, 7) is 0.333. The van der Waals surface area contributed by atoms with E-state index < -0.39 is 11.9 Å². The van der Waals surface area contributed by atoms with E-state index in [0.29, 0.717) is 18.0 Å². The molecule has 116 valence electrons. The molecule has 5 nitrogen and oxygen atoms in total. The second-order valence-electron chi connectivity index (χ2n) is 5.10. The number of benzene rings is 2. The van der Waals surface area contributed by atoms with Crippen LogP contribution in [0, 0.1) is 0 Å². The minimum atomic E-state index is -0.417. The molecule has 5 heteroatoms. The molecule has 2 aromatic carbocycles. The van der Waals surface area contributed by atoms with Crippen LogP contribution in [-0.4, -0.2) is 23.9 Å². The predicted octanol–water partition coefficient (Wildman–Crippen LogP) is 2.79. The number of hydrogen-bond donors (Lipinski definition) is 1. The van der Waals surface area contributed by atoms with E-state index in [-0.39, 0.29) is 0 Å². The van der Waals surface area contributed by atoms with Crippen molar-refractivity contribution in [3.8, 4) is 5.75 Å². The van der Waals surface area contributed by atoms with E-state index in [2.05, 4.69) is 5.32 Å². The van der Waals surface area contributed by atoms with Gasteiger partial charge in [0.05, 0.1) is 13.7 Å².